The van der Waals surface area contributed by atoms with Crippen LogP contribution in [0, 0.1) is 0 Å². The van der Waals surface area contributed by atoms with Crippen LogP contribution in [0.25, 0.3) is 0 Å². The van der Waals surface area contributed by atoms with Gasteiger partial charge in [-0.15, -0.1) is 0 Å². The molecule has 0 heterocycles. The summed E-state index contributed by atoms with van der Waals surface area (Å²) in [5.41, 5.74) is 6.09. The zero-order valence-corrected chi connectivity index (χ0v) is 13.8. The Kier molecular flexibility index (Phi) is 5.82. The predicted octanol–water partition coefficient (Wildman–Crippen LogP) is 3.46. The fraction of sp³-hybridized carbons (Fsp3) is 0.462. The van der Waals surface area contributed by atoms with Crippen LogP contribution in [0.2, 0.25) is 0 Å². The predicted molar refractivity (Wildman–Crippen MR) is 81.7 cm³/mol. The van der Waals surface area contributed by atoms with Gasteiger partial charge in [0.1, 0.15) is 0 Å². The number of hydrogen-bond donors (Lipinski definition) is 2. The summed E-state index contributed by atoms with van der Waals surface area (Å²) in [4.78, 5) is 12.2. The molecule has 1 aromatic rings. The lowest BCUT2D eigenvalue weighted by atomic mass is 9.92. The molecule has 0 unspecified atom stereocenters. The lowest BCUT2D eigenvalue weighted by molar-refractivity contribution is 0.0895. The summed E-state index contributed by atoms with van der Waals surface area (Å²) < 4.78 is 1.74. The van der Waals surface area contributed by atoms with Crippen LogP contribution in [0.15, 0.2) is 27.1 Å². The van der Waals surface area contributed by atoms with Gasteiger partial charge in [-0.3, -0.25) is 4.79 Å². The highest BCUT2D eigenvalue weighted by atomic mass is 79.9. The maximum absolute atomic E-state index is 12.2. The van der Waals surface area contributed by atoms with Crippen molar-refractivity contribution in [3.63, 3.8) is 0 Å². The van der Waals surface area contributed by atoms with E-state index in [-0.39, 0.29) is 11.4 Å². The van der Waals surface area contributed by atoms with Crippen molar-refractivity contribution in [3.8, 4) is 0 Å². The van der Waals surface area contributed by atoms with Crippen LogP contribution in [0.4, 0.5) is 0 Å². The standard InChI is InChI=1S/C13H18Br2N2O/c1-3-13(4-2,8-16)17-12(18)9-5-10(14)7-11(15)6-9/h5-7H,3-4,8,16H2,1-2H3,(H,17,18). The highest BCUT2D eigenvalue weighted by Crippen LogP contribution is 2.21. The van der Waals surface area contributed by atoms with Crippen LogP contribution < -0.4 is 11.1 Å². The monoisotopic (exact) mass is 376 g/mol. The third kappa shape index (κ3) is 3.80. The third-order valence-electron chi connectivity index (χ3n) is 3.25. The lowest BCUT2D eigenvalue weighted by Gasteiger charge is -2.31. The van der Waals surface area contributed by atoms with E-state index in [1.807, 2.05) is 19.9 Å². The number of benzene rings is 1. The quantitative estimate of drug-likeness (QED) is 0.825. The van der Waals surface area contributed by atoms with Gasteiger partial charge in [-0.25, -0.2) is 0 Å². The molecule has 0 bridgehead atoms. The number of nitrogens with one attached hydrogen (secondary N) is 1. The van der Waals surface area contributed by atoms with Crippen molar-refractivity contribution in [1.82, 2.24) is 5.32 Å². The van der Waals surface area contributed by atoms with Crippen molar-refractivity contribution >= 4 is 37.8 Å². The first kappa shape index (κ1) is 15.7. The normalized spacial score (nSPS) is 11.4. The number of amides is 1. The highest BCUT2D eigenvalue weighted by Gasteiger charge is 2.26. The Hall–Kier alpha value is -0.390. The van der Waals surface area contributed by atoms with Gasteiger partial charge >= 0.3 is 0 Å². The minimum atomic E-state index is -0.314. The largest absolute Gasteiger partial charge is 0.345 e. The van der Waals surface area contributed by atoms with Gasteiger partial charge < -0.3 is 11.1 Å². The Morgan fingerprint density at radius 1 is 1.22 bits per heavy atom. The number of carbonyl (C=O) groups excluding carboxylic acids is 1. The Morgan fingerprint density at radius 2 is 1.72 bits per heavy atom. The molecule has 1 aromatic carbocycles. The second-order valence-corrected chi connectivity index (χ2v) is 6.14. The Balaban J connectivity index is 2.94. The molecule has 0 aliphatic heterocycles. The smallest absolute Gasteiger partial charge is 0.251 e. The molecule has 100 valence electrons. The van der Waals surface area contributed by atoms with Crippen molar-refractivity contribution in [2.45, 2.75) is 32.2 Å². The minimum absolute atomic E-state index is 0.0915. The van der Waals surface area contributed by atoms with Crippen molar-refractivity contribution in [1.29, 1.82) is 0 Å². The van der Waals surface area contributed by atoms with Gasteiger partial charge in [-0.2, -0.15) is 0 Å². The molecule has 0 aliphatic rings. The molecular formula is C13H18Br2N2O. The SMILES string of the molecule is CCC(CC)(CN)NC(=O)c1cc(Br)cc(Br)c1. The van der Waals surface area contributed by atoms with Crippen molar-refractivity contribution in [2.24, 2.45) is 5.73 Å². The van der Waals surface area contributed by atoms with Crippen molar-refractivity contribution < 1.29 is 4.79 Å². The summed E-state index contributed by atoms with van der Waals surface area (Å²) in [6.07, 6.45) is 1.64. The summed E-state index contributed by atoms with van der Waals surface area (Å²) in [6.45, 7) is 4.52. The van der Waals surface area contributed by atoms with Gasteiger partial charge in [0.2, 0.25) is 0 Å². The number of rotatable bonds is 5. The van der Waals surface area contributed by atoms with Gasteiger partial charge in [0.25, 0.3) is 5.91 Å². The zero-order valence-electron chi connectivity index (χ0n) is 10.6. The molecule has 0 aromatic heterocycles. The summed E-state index contributed by atoms with van der Waals surface area (Å²) in [7, 11) is 0. The van der Waals surface area contributed by atoms with Crippen LogP contribution in [-0.2, 0) is 0 Å². The Morgan fingerprint density at radius 3 is 2.11 bits per heavy atom. The van der Waals surface area contributed by atoms with Crippen LogP contribution in [0.5, 0.6) is 0 Å². The maximum Gasteiger partial charge on any atom is 0.251 e. The third-order valence-corrected chi connectivity index (χ3v) is 4.16. The average Bonchev–Trinajstić information content (AvgIpc) is 2.35. The molecule has 0 saturated carbocycles. The van der Waals surface area contributed by atoms with Crippen molar-refractivity contribution in [3.05, 3.63) is 32.7 Å². The molecule has 5 heteroatoms. The van der Waals surface area contributed by atoms with E-state index in [1.165, 1.54) is 0 Å². The van der Waals surface area contributed by atoms with Crippen LogP contribution in [0.1, 0.15) is 37.0 Å². The van der Waals surface area contributed by atoms with E-state index in [4.69, 9.17) is 5.73 Å². The summed E-state index contributed by atoms with van der Waals surface area (Å²) in [5.74, 6) is -0.0915. The van der Waals surface area contributed by atoms with Crippen LogP contribution in [0.3, 0.4) is 0 Å². The second-order valence-electron chi connectivity index (χ2n) is 4.30. The molecule has 3 nitrogen and oxygen atoms in total. The fourth-order valence-electron chi connectivity index (χ4n) is 1.76. The molecular weight excluding hydrogens is 360 g/mol. The maximum atomic E-state index is 12.2. The highest BCUT2D eigenvalue weighted by molar-refractivity contribution is 9.11. The van der Waals surface area contributed by atoms with E-state index in [1.54, 1.807) is 12.1 Å². The molecule has 0 aliphatic carbocycles. The first-order valence-corrected chi connectivity index (χ1v) is 7.53. The van der Waals surface area contributed by atoms with E-state index in [0.717, 1.165) is 21.8 Å². The van der Waals surface area contributed by atoms with E-state index < -0.39 is 0 Å². The average molecular weight is 378 g/mol. The summed E-state index contributed by atoms with van der Waals surface area (Å²) in [6, 6.07) is 5.49. The lowest BCUT2D eigenvalue weighted by Crippen LogP contribution is -2.52. The molecule has 0 radical (unpaired) electrons. The molecule has 0 atom stereocenters. The molecule has 18 heavy (non-hydrogen) atoms. The molecule has 1 amide bonds. The van der Waals surface area contributed by atoms with E-state index in [2.05, 4.69) is 37.2 Å². The van der Waals surface area contributed by atoms with Crippen molar-refractivity contribution in [2.75, 3.05) is 6.54 Å². The number of carbonyl (C=O) groups is 1. The first-order valence-electron chi connectivity index (χ1n) is 5.95. The second kappa shape index (κ2) is 6.68. The van der Waals surface area contributed by atoms with Gasteiger partial charge in [-0.1, -0.05) is 45.7 Å². The molecule has 0 fully saturated rings. The fourth-order valence-corrected chi connectivity index (χ4v) is 3.06. The Labute approximate surface area is 125 Å². The minimum Gasteiger partial charge on any atom is -0.345 e. The number of nitrogens with two attached hydrogens (primary N) is 1. The number of hydrogen-bond acceptors (Lipinski definition) is 2. The van der Waals surface area contributed by atoms with Crippen LogP contribution in [-0.4, -0.2) is 18.0 Å². The topological polar surface area (TPSA) is 55.1 Å². The van der Waals surface area contributed by atoms with Crippen LogP contribution >= 0.6 is 31.9 Å². The molecule has 1 rings (SSSR count). The van der Waals surface area contributed by atoms with E-state index in [9.17, 15) is 4.79 Å². The Bertz CT molecular complexity index is 402. The van der Waals surface area contributed by atoms with E-state index in [0.29, 0.717) is 12.1 Å². The summed E-state index contributed by atoms with van der Waals surface area (Å²) >= 11 is 6.75. The van der Waals surface area contributed by atoms with Gasteiger partial charge in [-0.05, 0) is 31.0 Å². The van der Waals surface area contributed by atoms with E-state index >= 15 is 0 Å². The summed E-state index contributed by atoms with van der Waals surface area (Å²) in [5, 5.41) is 3.04. The van der Waals surface area contributed by atoms with Gasteiger partial charge in [0.05, 0.1) is 5.54 Å². The molecule has 0 saturated heterocycles. The molecule has 3 N–H and O–H groups in total. The zero-order chi connectivity index (χ0) is 13.8. The molecule has 0 spiro atoms. The van der Waals surface area contributed by atoms with Gasteiger partial charge in [0.15, 0.2) is 0 Å². The van der Waals surface area contributed by atoms with Gasteiger partial charge in [0, 0.05) is 21.1 Å². The number of halogens is 2. The first-order chi connectivity index (χ1) is 8.46.